The smallest absolute Gasteiger partial charge is 0.249 e. The molecule has 1 fully saturated rings. The minimum atomic E-state index is -0.0905. The van der Waals surface area contributed by atoms with Crippen molar-refractivity contribution in [2.75, 3.05) is 19.0 Å². The maximum Gasteiger partial charge on any atom is 0.249 e. The van der Waals surface area contributed by atoms with Crippen LogP contribution in [0, 0.1) is 0 Å². The van der Waals surface area contributed by atoms with Gasteiger partial charge in [-0.15, -0.1) is 0 Å². The molecule has 4 rings (SSSR count). The Morgan fingerprint density at radius 2 is 1.87 bits per heavy atom. The summed E-state index contributed by atoms with van der Waals surface area (Å²) in [4.78, 5) is 28.2. The molecule has 1 N–H and O–H groups in total. The Bertz CT molecular complexity index is 1240. The number of amides is 1. The number of fused-ring (bicyclic) bond motifs is 2. The number of hydrogen-bond acceptors (Lipinski definition) is 4. The molecule has 1 aliphatic carbocycles. The number of hydrogen-bond donors (Lipinski definition) is 1. The van der Waals surface area contributed by atoms with Crippen LogP contribution in [-0.2, 0) is 16.8 Å². The van der Waals surface area contributed by atoms with Gasteiger partial charge in [-0.25, -0.2) is 0 Å². The predicted octanol–water partition coefficient (Wildman–Crippen LogP) is 5.10. The lowest BCUT2D eigenvalue weighted by Gasteiger charge is -2.24. The molecule has 2 aromatic carbocycles. The number of rotatable bonds is 5. The third kappa shape index (κ3) is 4.28. The van der Waals surface area contributed by atoms with E-state index in [2.05, 4.69) is 25.5 Å². The van der Waals surface area contributed by atoms with Gasteiger partial charge >= 0.3 is 0 Å². The number of carbonyl (C=O) groups excluding carboxylic acids is 1. The van der Waals surface area contributed by atoms with Crippen molar-refractivity contribution in [3.63, 3.8) is 0 Å². The van der Waals surface area contributed by atoms with E-state index in [-0.39, 0.29) is 23.3 Å². The van der Waals surface area contributed by atoms with Crippen molar-refractivity contribution in [3.05, 3.63) is 51.1 Å². The summed E-state index contributed by atoms with van der Waals surface area (Å²) in [5.41, 5.74) is 3.15. The highest BCUT2D eigenvalue weighted by Gasteiger charge is 2.24. The highest BCUT2D eigenvalue weighted by molar-refractivity contribution is 7.98. The molecule has 1 heterocycles. The normalized spacial score (nSPS) is 14.3. The van der Waals surface area contributed by atoms with E-state index < -0.39 is 0 Å². The van der Waals surface area contributed by atoms with Crippen molar-refractivity contribution in [2.24, 2.45) is 0 Å². The first-order valence-corrected chi connectivity index (χ1v) is 11.7. The Hall–Kier alpha value is -2.18. The molecule has 1 saturated carbocycles. The van der Waals surface area contributed by atoms with Crippen LogP contribution >= 0.6 is 23.5 Å². The Kier molecular flexibility index (Phi) is 5.73. The zero-order valence-corrected chi connectivity index (χ0v) is 20.2. The fourth-order valence-corrected chi connectivity index (χ4v) is 4.85. The van der Waals surface area contributed by atoms with Gasteiger partial charge in [0.05, 0.1) is 21.7 Å². The summed E-state index contributed by atoms with van der Waals surface area (Å²) in [5.74, 6) is -0.0889. The van der Waals surface area contributed by atoms with E-state index in [1.165, 1.54) is 11.9 Å². The summed E-state index contributed by atoms with van der Waals surface area (Å²) in [7, 11) is 3.79. The van der Waals surface area contributed by atoms with Crippen LogP contribution in [0.25, 0.3) is 21.8 Å². The molecule has 7 heteroatoms. The summed E-state index contributed by atoms with van der Waals surface area (Å²) < 4.78 is 4.93. The maximum atomic E-state index is 13.4. The topological polar surface area (TPSA) is 54.3 Å². The molecular weight excluding hydrogens is 430 g/mol. The summed E-state index contributed by atoms with van der Waals surface area (Å²) in [5, 5.41) is 2.23. The van der Waals surface area contributed by atoms with E-state index >= 15 is 0 Å². The lowest BCUT2D eigenvalue weighted by Crippen LogP contribution is -2.26. The van der Waals surface area contributed by atoms with Crippen LogP contribution in [-0.4, -0.2) is 29.8 Å². The quantitative estimate of drug-likeness (QED) is 0.428. The second-order valence-corrected chi connectivity index (χ2v) is 10.9. The van der Waals surface area contributed by atoms with Crippen LogP contribution in [0.4, 0.5) is 5.69 Å². The Morgan fingerprint density at radius 1 is 1.19 bits per heavy atom. The molecule has 5 nitrogen and oxygen atoms in total. The number of pyridine rings is 1. The lowest BCUT2D eigenvalue weighted by atomic mass is 9.86. The Labute approximate surface area is 191 Å². The molecule has 3 aromatic rings. The van der Waals surface area contributed by atoms with E-state index in [0.717, 1.165) is 29.6 Å². The third-order valence-electron chi connectivity index (χ3n) is 5.63. The van der Waals surface area contributed by atoms with Crippen molar-refractivity contribution in [1.29, 1.82) is 0 Å². The minimum Gasteiger partial charge on any atom is -0.375 e. The molecular formula is C24H28ClN3O2S. The van der Waals surface area contributed by atoms with Crippen LogP contribution in [0.15, 0.2) is 35.1 Å². The number of nitrogens with one attached hydrogen (secondary N) is 1. The monoisotopic (exact) mass is 457 g/mol. The molecule has 164 valence electrons. The van der Waals surface area contributed by atoms with Crippen LogP contribution < -0.4 is 15.1 Å². The van der Waals surface area contributed by atoms with Gasteiger partial charge in [0.1, 0.15) is 6.54 Å². The first-order valence-electron chi connectivity index (χ1n) is 10.5. The third-order valence-corrected chi connectivity index (χ3v) is 7.08. The molecule has 0 unspecified atom stereocenters. The van der Waals surface area contributed by atoms with Gasteiger partial charge in [0.15, 0.2) is 5.43 Å². The molecule has 0 radical (unpaired) electrons. The average molecular weight is 458 g/mol. The number of halogens is 1. The van der Waals surface area contributed by atoms with Gasteiger partial charge < -0.3 is 9.47 Å². The molecule has 1 amide bonds. The Balaban J connectivity index is 2.02. The van der Waals surface area contributed by atoms with Gasteiger partial charge in [-0.05, 0) is 60.0 Å². The molecule has 0 saturated heterocycles. The first-order chi connectivity index (χ1) is 14.6. The fraction of sp³-hybridized carbons (Fsp3) is 0.417. The first kappa shape index (κ1) is 22.0. The molecule has 0 spiro atoms. The highest BCUT2D eigenvalue weighted by Crippen LogP contribution is 2.35. The van der Waals surface area contributed by atoms with Gasteiger partial charge in [-0.2, -0.15) is 0 Å². The van der Waals surface area contributed by atoms with Crippen LogP contribution in [0.3, 0.4) is 0 Å². The van der Waals surface area contributed by atoms with Gasteiger partial charge in [-0.3, -0.25) is 14.3 Å². The average Bonchev–Trinajstić information content (AvgIpc) is 3.52. The molecule has 0 atom stereocenters. The highest BCUT2D eigenvalue weighted by atomic mass is 35.5. The van der Waals surface area contributed by atoms with E-state index in [9.17, 15) is 9.59 Å². The number of nitrogens with zero attached hydrogens (tertiary/aromatic N) is 2. The molecule has 0 aliphatic heterocycles. The molecule has 31 heavy (non-hydrogen) atoms. The molecule has 0 bridgehead atoms. The van der Waals surface area contributed by atoms with E-state index in [1.807, 2.05) is 41.8 Å². The standard InChI is InChI=1S/C24H28ClN3O2S/c1-24(2,3)14-6-9-16-19(12-14)28(13-20(29)26-31-15-7-8-15)21-17(23(16)30)10-11-18(25)22(21)27(4)5/h6,9-12,15H,7-8,13H2,1-5H3,(H,26,29). The zero-order valence-electron chi connectivity index (χ0n) is 18.6. The van der Waals surface area contributed by atoms with Crippen molar-refractivity contribution >= 4 is 56.9 Å². The fourth-order valence-electron chi connectivity index (χ4n) is 3.79. The second-order valence-electron chi connectivity index (χ2n) is 9.43. The SMILES string of the molecule is CN(C)c1c(Cl)ccc2c(=O)c3ccc(C(C)(C)C)cc3n(CC(=O)NSC3CC3)c12. The van der Waals surface area contributed by atoms with Gasteiger partial charge in [0.2, 0.25) is 5.91 Å². The number of carbonyl (C=O) groups is 1. The van der Waals surface area contributed by atoms with E-state index in [0.29, 0.717) is 26.6 Å². The number of anilines is 1. The van der Waals surface area contributed by atoms with Crippen molar-refractivity contribution in [2.45, 2.75) is 50.8 Å². The summed E-state index contributed by atoms with van der Waals surface area (Å²) in [6.45, 7) is 6.53. The Morgan fingerprint density at radius 3 is 2.48 bits per heavy atom. The largest absolute Gasteiger partial charge is 0.375 e. The molecule has 1 aliphatic rings. The lowest BCUT2D eigenvalue weighted by molar-refractivity contribution is -0.119. The zero-order chi connectivity index (χ0) is 22.5. The van der Waals surface area contributed by atoms with E-state index in [4.69, 9.17) is 11.6 Å². The summed E-state index contributed by atoms with van der Waals surface area (Å²) in [6, 6.07) is 9.44. The summed E-state index contributed by atoms with van der Waals surface area (Å²) in [6.07, 6.45) is 2.29. The predicted molar refractivity (Wildman–Crippen MR) is 133 cm³/mol. The minimum absolute atomic E-state index is 0.0470. The summed E-state index contributed by atoms with van der Waals surface area (Å²) >= 11 is 8.06. The van der Waals surface area contributed by atoms with Gasteiger partial charge in [0.25, 0.3) is 0 Å². The second kappa shape index (κ2) is 8.06. The number of aromatic nitrogens is 1. The van der Waals surface area contributed by atoms with Gasteiger partial charge in [0, 0.05) is 30.1 Å². The van der Waals surface area contributed by atoms with Crippen molar-refractivity contribution in [3.8, 4) is 0 Å². The number of benzene rings is 2. The van der Waals surface area contributed by atoms with Gasteiger partial charge in [-0.1, -0.05) is 38.4 Å². The van der Waals surface area contributed by atoms with Crippen LogP contribution in [0.2, 0.25) is 5.02 Å². The van der Waals surface area contributed by atoms with Crippen LogP contribution in [0.5, 0.6) is 0 Å². The van der Waals surface area contributed by atoms with Crippen molar-refractivity contribution < 1.29 is 4.79 Å². The van der Waals surface area contributed by atoms with Crippen molar-refractivity contribution in [1.82, 2.24) is 9.29 Å². The van der Waals surface area contributed by atoms with E-state index in [1.54, 1.807) is 12.1 Å². The van der Waals surface area contributed by atoms with Crippen LogP contribution in [0.1, 0.15) is 39.2 Å². The molecule has 1 aromatic heterocycles. The maximum absolute atomic E-state index is 13.4.